The van der Waals surface area contributed by atoms with Crippen molar-refractivity contribution in [2.24, 2.45) is 0 Å². The van der Waals surface area contributed by atoms with Gasteiger partial charge in [0, 0.05) is 11.6 Å². The molecule has 18 heavy (non-hydrogen) atoms. The molecule has 1 aromatic carbocycles. The molecule has 0 atom stereocenters. The molecule has 0 bridgehead atoms. The summed E-state index contributed by atoms with van der Waals surface area (Å²) in [4.78, 5) is 14.8. The molecule has 6 heteroatoms. The van der Waals surface area contributed by atoms with Gasteiger partial charge >= 0.3 is 6.18 Å². The Morgan fingerprint density at radius 1 is 1.17 bits per heavy atom. The molecule has 0 radical (unpaired) electrons. The Morgan fingerprint density at radius 3 is 2.28 bits per heavy atom. The van der Waals surface area contributed by atoms with Crippen LogP contribution in [0.15, 0.2) is 39.5 Å². The first-order chi connectivity index (χ1) is 8.36. The highest BCUT2D eigenvalue weighted by molar-refractivity contribution is 5.53. The summed E-state index contributed by atoms with van der Waals surface area (Å²) in [6.45, 7) is 1.57. The van der Waals surface area contributed by atoms with Crippen LogP contribution in [0.5, 0.6) is 0 Å². The highest BCUT2D eigenvalue weighted by Gasteiger charge is 2.30. The lowest BCUT2D eigenvalue weighted by Gasteiger charge is -2.06. The molecule has 0 N–H and O–H groups in total. The Hall–Kier alpha value is -2.11. The highest BCUT2D eigenvalue weighted by atomic mass is 19.4. The van der Waals surface area contributed by atoms with E-state index in [1.54, 1.807) is 6.92 Å². The monoisotopic (exact) mass is 255 g/mol. The molecule has 2 rings (SSSR count). The van der Waals surface area contributed by atoms with Crippen LogP contribution in [0.3, 0.4) is 0 Å². The fraction of sp³-hybridized carbons (Fsp3) is 0.167. The maximum Gasteiger partial charge on any atom is 0.416 e. The Balaban J connectivity index is 2.43. The number of hydrogen-bond donors (Lipinski definition) is 0. The minimum Gasteiger partial charge on any atom is -0.443 e. The zero-order chi connectivity index (χ0) is 13.3. The molecule has 0 spiro atoms. The van der Waals surface area contributed by atoms with Crippen LogP contribution in [0.4, 0.5) is 13.2 Å². The van der Waals surface area contributed by atoms with Crippen LogP contribution in [0.25, 0.3) is 11.5 Å². The first-order valence-electron chi connectivity index (χ1n) is 5.03. The fourth-order valence-electron chi connectivity index (χ4n) is 1.44. The Bertz CT molecular complexity index is 614. The average molecular weight is 255 g/mol. The van der Waals surface area contributed by atoms with Crippen LogP contribution in [0, 0.1) is 6.92 Å². The van der Waals surface area contributed by atoms with Gasteiger partial charge in [-0.3, -0.25) is 4.79 Å². The molecule has 0 aliphatic heterocycles. The van der Waals surface area contributed by atoms with Gasteiger partial charge in [0.15, 0.2) is 0 Å². The van der Waals surface area contributed by atoms with Crippen molar-refractivity contribution >= 4 is 0 Å². The van der Waals surface area contributed by atoms with E-state index in [1.165, 1.54) is 18.2 Å². The van der Waals surface area contributed by atoms with E-state index in [0.29, 0.717) is 11.3 Å². The molecule has 94 valence electrons. The second-order valence-electron chi connectivity index (χ2n) is 3.69. The zero-order valence-electron chi connectivity index (χ0n) is 9.28. The van der Waals surface area contributed by atoms with Gasteiger partial charge in [0.25, 0.3) is 5.56 Å². The lowest BCUT2D eigenvalue weighted by Crippen LogP contribution is -2.06. The third-order valence-corrected chi connectivity index (χ3v) is 2.26. The van der Waals surface area contributed by atoms with E-state index in [0.717, 1.165) is 12.1 Å². The number of rotatable bonds is 1. The fourth-order valence-corrected chi connectivity index (χ4v) is 1.44. The third kappa shape index (κ3) is 2.58. The second kappa shape index (κ2) is 4.29. The van der Waals surface area contributed by atoms with E-state index in [2.05, 4.69) is 4.98 Å². The molecule has 3 nitrogen and oxygen atoms in total. The van der Waals surface area contributed by atoms with Crippen molar-refractivity contribution in [3.63, 3.8) is 0 Å². The number of benzene rings is 1. The summed E-state index contributed by atoms with van der Waals surface area (Å²) < 4.78 is 42.3. The van der Waals surface area contributed by atoms with Crippen LogP contribution < -0.4 is 5.56 Å². The van der Waals surface area contributed by atoms with Crippen molar-refractivity contribution < 1.29 is 17.6 Å². The molecular formula is C12H8F3NO2. The van der Waals surface area contributed by atoms with E-state index >= 15 is 0 Å². The first kappa shape index (κ1) is 12.3. The average Bonchev–Trinajstić information content (AvgIpc) is 2.27. The van der Waals surface area contributed by atoms with Gasteiger partial charge in [-0.05, 0) is 31.2 Å². The van der Waals surface area contributed by atoms with Gasteiger partial charge in [0.2, 0.25) is 5.89 Å². The Morgan fingerprint density at radius 2 is 1.78 bits per heavy atom. The minimum absolute atomic E-state index is 0.00808. The zero-order valence-corrected chi connectivity index (χ0v) is 9.28. The van der Waals surface area contributed by atoms with Crippen molar-refractivity contribution in [2.75, 3.05) is 0 Å². The predicted molar refractivity (Wildman–Crippen MR) is 57.9 cm³/mol. The van der Waals surface area contributed by atoms with Crippen molar-refractivity contribution in [1.29, 1.82) is 0 Å². The minimum atomic E-state index is -4.39. The summed E-state index contributed by atoms with van der Waals surface area (Å²) in [5.41, 5.74) is -0.932. The number of halogens is 3. The second-order valence-corrected chi connectivity index (χ2v) is 3.69. The molecule has 0 saturated heterocycles. The molecule has 0 aliphatic carbocycles. The van der Waals surface area contributed by atoms with Gasteiger partial charge < -0.3 is 4.42 Å². The summed E-state index contributed by atoms with van der Waals surface area (Å²) in [6, 6.07) is 5.47. The smallest absolute Gasteiger partial charge is 0.416 e. The molecule has 0 unspecified atom stereocenters. The molecule has 0 amide bonds. The van der Waals surface area contributed by atoms with Crippen LogP contribution in [-0.4, -0.2) is 4.98 Å². The van der Waals surface area contributed by atoms with Crippen molar-refractivity contribution in [2.45, 2.75) is 13.1 Å². The molecule has 0 saturated carbocycles. The Kier molecular flexibility index (Phi) is 2.94. The van der Waals surface area contributed by atoms with Gasteiger partial charge in [0.1, 0.15) is 5.76 Å². The molecule has 0 aliphatic rings. The van der Waals surface area contributed by atoms with Crippen LogP contribution in [0.2, 0.25) is 0 Å². The van der Waals surface area contributed by atoms with Crippen LogP contribution >= 0.6 is 0 Å². The molecular weight excluding hydrogens is 247 g/mol. The van der Waals surface area contributed by atoms with Gasteiger partial charge in [-0.1, -0.05) is 0 Å². The van der Waals surface area contributed by atoms with Gasteiger partial charge in [-0.25, -0.2) is 0 Å². The Labute approximate surface area is 99.9 Å². The van der Waals surface area contributed by atoms with Crippen LogP contribution in [-0.2, 0) is 6.18 Å². The van der Waals surface area contributed by atoms with Crippen molar-refractivity contribution in [3.8, 4) is 11.5 Å². The summed E-state index contributed by atoms with van der Waals surface area (Å²) in [5, 5.41) is 0. The van der Waals surface area contributed by atoms with Crippen LogP contribution in [0.1, 0.15) is 11.3 Å². The van der Waals surface area contributed by atoms with E-state index < -0.39 is 17.3 Å². The predicted octanol–water partition coefficient (Wildman–Crippen LogP) is 3.03. The number of aryl methyl sites for hydroxylation is 1. The number of alkyl halides is 3. The van der Waals surface area contributed by atoms with Crippen molar-refractivity contribution in [3.05, 3.63) is 52.0 Å². The summed E-state index contributed by atoms with van der Waals surface area (Å²) in [5.74, 6) is 0.360. The van der Waals surface area contributed by atoms with E-state index in [4.69, 9.17) is 4.42 Å². The third-order valence-electron chi connectivity index (χ3n) is 2.26. The summed E-state index contributed by atoms with van der Waals surface area (Å²) in [7, 11) is 0. The van der Waals surface area contributed by atoms with E-state index in [-0.39, 0.29) is 5.89 Å². The maximum atomic E-state index is 12.4. The quantitative estimate of drug-likeness (QED) is 0.786. The molecule has 0 fully saturated rings. The van der Waals surface area contributed by atoms with Gasteiger partial charge in [-0.2, -0.15) is 18.2 Å². The van der Waals surface area contributed by atoms with Gasteiger partial charge in [0.05, 0.1) is 5.56 Å². The van der Waals surface area contributed by atoms with E-state index in [9.17, 15) is 18.0 Å². The molecule has 1 aromatic heterocycles. The number of aromatic nitrogens is 1. The normalized spacial score (nSPS) is 11.6. The number of hydrogen-bond acceptors (Lipinski definition) is 3. The largest absolute Gasteiger partial charge is 0.443 e. The summed E-state index contributed by atoms with van der Waals surface area (Å²) >= 11 is 0. The lowest BCUT2D eigenvalue weighted by atomic mass is 10.1. The SMILES string of the molecule is Cc1cc(=O)nc(-c2ccc(C(F)(F)F)cc2)o1. The van der Waals surface area contributed by atoms with Gasteiger partial charge in [-0.15, -0.1) is 0 Å². The first-order valence-corrected chi connectivity index (χ1v) is 5.03. The topological polar surface area (TPSA) is 43.1 Å². The summed E-state index contributed by atoms with van der Waals surface area (Å²) in [6.07, 6.45) is -4.39. The standard InChI is InChI=1S/C12H8F3NO2/c1-7-6-10(17)16-11(18-7)8-2-4-9(5-3-8)12(13,14)15/h2-6H,1H3. The molecule has 2 aromatic rings. The lowest BCUT2D eigenvalue weighted by molar-refractivity contribution is -0.137. The maximum absolute atomic E-state index is 12.4. The highest BCUT2D eigenvalue weighted by Crippen LogP contribution is 2.30. The van der Waals surface area contributed by atoms with E-state index in [1.807, 2.05) is 0 Å². The number of nitrogens with zero attached hydrogens (tertiary/aromatic N) is 1. The molecule has 1 heterocycles. The van der Waals surface area contributed by atoms with Crippen molar-refractivity contribution in [1.82, 2.24) is 4.98 Å².